The number of nitrogens with one attached hydrogen (secondary N) is 3. The predicted molar refractivity (Wildman–Crippen MR) is 77.0 cm³/mol. The SMILES string of the molecule is CS(=O)(=O)NCC1CCCN(C(=O)C2CNC(=O)CN2)C1. The lowest BCUT2D eigenvalue weighted by molar-refractivity contribution is -0.136. The first-order valence-electron chi connectivity index (χ1n) is 7.08. The minimum absolute atomic E-state index is 0.0287. The van der Waals surface area contributed by atoms with Crippen molar-refractivity contribution in [2.75, 3.05) is 39.0 Å². The summed E-state index contributed by atoms with van der Waals surface area (Å²) >= 11 is 0. The summed E-state index contributed by atoms with van der Waals surface area (Å²) in [6, 6.07) is -0.385. The van der Waals surface area contributed by atoms with Crippen LogP contribution < -0.4 is 15.4 Å². The average Bonchev–Trinajstić information content (AvgIpc) is 2.45. The maximum absolute atomic E-state index is 12.4. The van der Waals surface area contributed by atoms with Crippen molar-refractivity contribution in [2.24, 2.45) is 5.92 Å². The molecule has 0 saturated carbocycles. The van der Waals surface area contributed by atoms with Gasteiger partial charge in [-0.2, -0.15) is 0 Å². The summed E-state index contributed by atoms with van der Waals surface area (Å²) in [7, 11) is -3.20. The Hall–Kier alpha value is -1.19. The zero-order chi connectivity index (χ0) is 15.5. The molecule has 3 N–H and O–H groups in total. The first kappa shape index (κ1) is 16.2. The molecule has 2 atom stereocenters. The molecular formula is C12H22N4O4S. The summed E-state index contributed by atoms with van der Waals surface area (Å²) in [5.41, 5.74) is 0. The van der Waals surface area contributed by atoms with Gasteiger partial charge in [-0.1, -0.05) is 0 Å². The van der Waals surface area contributed by atoms with Crippen molar-refractivity contribution in [3.63, 3.8) is 0 Å². The van der Waals surface area contributed by atoms with Crippen LogP contribution in [0.5, 0.6) is 0 Å². The van der Waals surface area contributed by atoms with Crippen molar-refractivity contribution < 1.29 is 18.0 Å². The van der Waals surface area contributed by atoms with E-state index in [2.05, 4.69) is 15.4 Å². The number of rotatable bonds is 4. The maximum Gasteiger partial charge on any atom is 0.241 e. The molecule has 0 radical (unpaired) electrons. The number of likely N-dealkylation sites (tertiary alicyclic amines) is 1. The van der Waals surface area contributed by atoms with Crippen molar-refractivity contribution in [1.29, 1.82) is 0 Å². The monoisotopic (exact) mass is 318 g/mol. The van der Waals surface area contributed by atoms with E-state index < -0.39 is 10.0 Å². The number of nitrogens with zero attached hydrogens (tertiary/aromatic N) is 1. The summed E-state index contributed by atoms with van der Waals surface area (Å²) in [6.45, 7) is 2.05. The van der Waals surface area contributed by atoms with E-state index in [0.717, 1.165) is 19.1 Å². The molecule has 0 bridgehead atoms. The number of piperazine rings is 1. The number of sulfonamides is 1. The second-order valence-electron chi connectivity index (χ2n) is 5.65. The first-order chi connectivity index (χ1) is 9.85. The molecule has 2 unspecified atom stereocenters. The van der Waals surface area contributed by atoms with Crippen LogP contribution in [0, 0.1) is 5.92 Å². The number of hydrogen-bond donors (Lipinski definition) is 3. The van der Waals surface area contributed by atoms with E-state index in [-0.39, 0.29) is 30.3 Å². The molecular weight excluding hydrogens is 296 g/mol. The van der Waals surface area contributed by atoms with Crippen molar-refractivity contribution in [3.05, 3.63) is 0 Å². The molecule has 21 heavy (non-hydrogen) atoms. The molecule has 2 heterocycles. The van der Waals surface area contributed by atoms with Crippen LogP contribution in [0.2, 0.25) is 0 Å². The van der Waals surface area contributed by atoms with E-state index in [9.17, 15) is 18.0 Å². The molecule has 0 aromatic heterocycles. The van der Waals surface area contributed by atoms with Gasteiger partial charge in [0.05, 0.1) is 12.8 Å². The topological polar surface area (TPSA) is 108 Å². The fraction of sp³-hybridized carbons (Fsp3) is 0.833. The Kier molecular flexibility index (Phi) is 5.17. The fourth-order valence-electron chi connectivity index (χ4n) is 2.66. The molecule has 0 spiro atoms. The van der Waals surface area contributed by atoms with E-state index >= 15 is 0 Å². The van der Waals surface area contributed by atoms with Crippen LogP contribution in [0.25, 0.3) is 0 Å². The maximum atomic E-state index is 12.4. The highest BCUT2D eigenvalue weighted by molar-refractivity contribution is 7.88. The van der Waals surface area contributed by atoms with Crippen molar-refractivity contribution in [1.82, 2.24) is 20.3 Å². The van der Waals surface area contributed by atoms with Crippen LogP contribution in [0.3, 0.4) is 0 Å². The summed E-state index contributed by atoms with van der Waals surface area (Å²) in [5, 5.41) is 5.59. The molecule has 2 rings (SSSR count). The number of carbonyl (C=O) groups excluding carboxylic acids is 2. The zero-order valence-electron chi connectivity index (χ0n) is 12.1. The van der Waals surface area contributed by atoms with Crippen molar-refractivity contribution in [3.8, 4) is 0 Å². The predicted octanol–water partition coefficient (Wildman–Crippen LogP) is -2.14. The second kappa shape index (κ2) is 6.71. The Bertz CT molecular complexity index is 497. The van der Waals surface area contributed by atoms with Crippen LogP contribution in [-0.4, -0.2) is 70.2 Å². The quantitative estimate of drug-likeness (QED) is 0.548. The molecule has 2 aliphatic heterocycles. The fourth-order valence-corrected chi connectivity index (χ4v) is 3.20. The molecule has 0 aromatic rings. The van der Waals surface area contributed by atoms with E-state index in [1.807, 2.05) is 0 Å². The molecule has 0 aliphatic carbocycles. The van der Waals surface area contributed by atoms with Crippen molar-refractivity contribution in [2.45, 2.75) is 18.9 Å². The molecule has 120 valence electrons. The average molecular weight is 318 g/mol. The summed E-state index contributed by atoms with van der Waals surface area (Å²) < 4.78 is 24.7. The van der Waals surface area contributed by atoms with Gasteiger partial charge in [-0.05, 0) is 18.8 Å². The molecule has 0 aromatic carbocycles. The van der Waals surface area contributed by atoms with Gasteiger partial charge in [-0.25, -0.2) is 13.1 Å². The van der Waals surface area contributed by atoms with Gasteiger partial charge in [0.2, 0.25) is 21.8 Å². The minimum atomic E-state index is -3.20. The number of carbonyl (C=O) groups is 2. The smallest absolute Gasteiger partial charge is 0.241 e. The highest BCUT2D eigenvalue weighted by Crippen LogP contribution is 2.17. The molecule has 2 amide bonds. The third-order valence-electron chi connectivity index (χ3n) is 3.78. The van der Waals surface area contributed by atoms with Crippen LogP contribution >= 0.6 is 0 Å². The lowest BCUT2D eigenvalue weighted by Crippen LogP contribution is -2.59. The number of piperidine rings is 1. The van der Waals surface area contributed by atoms with Gasteiger partial charge >= 0.3 is 0 Å². The van der Waals surface area contributed by atoms with Crippen LogP contribution in [0.1, 0.15) is 12.8 Å². The summed E-state index contributed by atoms with van der Waals surface area (Å²) in [4.78, 5) is 25.2. The Morgan fingerprint density at radius 2 is 2.24 bits per heavy atom. The summed E-state index contributed by atoms with van der Waals surface area (Å²) in [6.07, 6.45) is 2.90. The van der Waals surface area contributed by atoms with E-state index in [0.29, 0.717) is 26.2 Å². The lowest BCUT2D eigenvalue weighted by Gasteiger charge is -2.36. The lowest BCUT2D eigenvalue weighted by atomic mass is 9.97. The highest BCUT2D eigenvalue weighted by Gasteiger charge is 2.31. The van der Waals surface area contributed by atoms with Crippen LogP contribution in [0.15, 0.2) is 0 Å². The Labute approximate surface area is 124 Å². The van der Waals surface area contributed by atoms with Gasteiger partial charge < -0.3 is 10.2 Å². The van der Waals surface area contributed by atoms with Gasteiger partial charge in [-0.3, -0.25) is 14.9 Å². The van der Waals surface area contributed by atoms with Crippen LogP contribution in [0.4, 0.5) is 0 Å². The van der Waals surface area contributed by atoms with Gasteiger partial charge in [0.15, 0.2) is 0 Å². The Morgan fingerprint density at radius 3 is 2.86 bits per heavy atom. The third kappa shape index (κ3) is 4.94. The van der Waals surface area contributed by atoms with E-state index in [1.54, 1.807) is 4.90 Å². The molecule has 2 saturated heterocycles. The zero-order valence-corrected chi connectivity index (χ0v) is 12.9. The largest absolute Gasteiger partial charge is 0.353 e. The normalized spacial score (nSPS) is 27.3. The van der Waals surface area contributed by atoms with E-state index in [4.69, 9.17) is 0 Å². The van der Waals surface area contributed by atoms with Crippen LogP contribution in [-0.2, 0) is 19.6 Å². The molecule has 2 fully saturated rings. The van der Waals surface area contributed by atoms with Gasteiger partial charge in [0.25, 0.3) is 0 Å². The molecule has 2 aliphatic rings. The molecule has 8 nitrogen and oxygen atoms in total. The molecule has 9 heteroatoms. The van der Waals surface area contributed by atoms with Gasteiger partial charge in [-0.15, -0.1) is 0 Å². The first-order valence-corrected chi connectivity index (χ1v) is 8.98. The Balaban J connectivity index is 1.85. The third-order valence-corrected chi connectivity index (χ3v) is 4.47. The number of amides is 2. The van der Waals surface area contributed by atoms with Gasteiger partial charge in [0.1, 0.15) is 6.04 Å². The van der Waals surface area contributed by atoms with Crippen molar-refractivity contribution >= 4 is 21.8 Å². The minimum Gasteiger partial charge on any atom is -0.353 e. The standard InChI is InChI=1S/C12H22N4O4S/c1-21(19,20)15-5-9-3-2-4-16(8-9)12(18)10-6-14-11(17)7-13-10/h9-10,13,15H,2-8H2,1H3,(H,14,17). The Morgan fingerprint density at radius 1 is 1.48 bits per heavy atom. The highest BCUT2D eigenvalue weighted by atomic mass is 32.2. The summed E-state index contributed by atoms with van der Waals surface area (Å²) in [5.74, 6) is 0.00239. The van der Waals surface area contributed by atoms with E-state index in [1.165, 1.54) is 0 Å². The van der Waals surface area contributed by atoms with Gasteiger partial charge in [0, 0.05) is 26.2 Å². The second-order valence-corrected chi connectivity index (χ2v) is 7.48. The number of hydrogen-bond acceptors (Lipinski definition) is 5.